The van der Waals surface area contributed by atoms with Crippen molar-refractivity contribution in [2.75, 3.05) is 6.61 Å². The molecule has 2 N–H and O–H groups in total. The van der Waals surface area contributed by atoms with Gasteiger partial charge in [0.25, 0.3) is 0 Å². The highest BCUT2D eigenvalue weighted by Crippen LogP contribution is 2.11. The van der Waals surface area contributed by atoms with E-state index in [1.807, 2.05) is 48.5 Å². The lowest BCUT2D eigenvalue weighted by atomic mass is 10.2. The summed E-state index contributed by atoms with van der Waals surface area (Å²) in [6, 6.07) is 16.7. The van der Waals surface area contributed by atoms with Crippen LogP contribution in [0.3, 0.4) is 0 Å². The summed E-state index contributed by atoms with van der Waals surface area (Å²) in [5.41, 5.74) is 4.07. The second-order valence-corrected chi connectivity index (χ2v) is 5.40. The zero-order chi connectivity index (χ0) is 18.6. The third-order valence-corrected chi connectivity index (χ3v) is 3.28. The third-order valence-electron chi connectivity index (χ3n) is 3.28. The standard InChI is InChI=1S/C20H21N3O3/c1-2-11-26-18-10-6-9-17(12-18)15-22-23-20(25)13-19(24)21-14-16-7-4-3-5-8-16/h2-10,12,15H,1,11,13-14H2,(H,21,24)(H,23,25)/b22-15+. The van der Waals surface area contributed by atoms with Gasteiger partial charge < -0.3 is 10.1 Å². The average Bonchev–Trinajstić information content (AvgIpc) is 2.66. The molecule has 2 aromatic rings. The van der Waals surface area contributed by atoms with Gasteiger partial charge in [-0.3, -0.25) is 9.59 Å². The molecule has 26 heavy (non-hydrogen) atoms. The van der Waals surface area contributed by atoms with Crippen LogP contribution in [0.15, 0.2) is 72.4 Å². The molecule has 0 saturated heterocycles. The van der Waals surface area contributed by atoms with Gasteiger partial charge in [0.15, 0.2) is 0 Å². The van der Waals surface area contributed by atoms with E-state index in [1.54, 1.807) is 12.1 Å². The Bertz CT molecular complexity index is 773. The number of amides is 2. The van der Waals surface area contributed by atoms with Crippen molar-refractivity contribution in [3.63, 3.8) is 0 Å². The first-order valence-electron chi connectivity index (χ1n) is 8.13. The van der Waals surface area contributed by atoms with Crippen molar-refractivity contribution in [3.8, 4) is 5.75 Å². The molecule has 0 saturated carbocycles. The van der Waals surface area contributed by atoms with Gasteiger partial charge in [-0.25, -0.2) is 5.43 Å². The molecule has 0 aliphatic heterocycles. The molecule has 2 aromatic carbocycles. The second-order valence-electron chi connectivity index (χ2n) is 5.40. The molecule has 2 rings (SSSR count). The number of nitrogens with one attached hydrogen (secondary N) is 2. The molecular weight excluding hydrogens is 330 g/mol. The largest absolute Gasteiger partial charge is 0.490 e. The van der Waals surface area contributed by atoms with Crippen LogP contribution < -0.4 is 15.5 Å². The zero-order valence-corrected chi connectivity index (χ0v) is 14.4. The minimum absolute atomic E-state index is 0.285. The first-order chi connectivity index (χ1) is 12.7. The fraction of sp³-hybridized carbons (Fsp3) is 0.150. The van der Waals surface area contributed by atoms with Crippen LogP contribution in [0.25, 0.3) is 0 Å². The topological polar surface area (TPSA) is 79.8 Å². The van der Waals surface area contributed by atoms with Crippen molar-refractivity contribution < 1.29 is 14.3 Å². The molecule has 2 amide bonds. The normalized spacial score (nSPS) is 10.3. The lowest BCUT2D eigenvalue weighted by Gasteiger charge is -2.05. The van der Waals surface area contributed by atoms with Gasteiger partial charge in [-0.05, 0) is 23.3 Å². The van der Waals surface area contributed by atoms with Crippen LogP contribution in [0.1, 0.15) is 17.5 Å². The third kappa shape index (κ3) is 7.00. The number of nitrogens with zero attached hydrogens (tertiary/aromatic N) is 1. The van der Waals surface area contributed by atoms with Crippen LogP contribution in [-0.2, 0) is 16.1 Å². The zero-order valence-electron chi connectivity index (χ0n) is 14.4. The van der Waals surface area contributed by atoms with E-state index in [4.69, 9.17) is 4.74 Å². The predicted octanol–water partition coefficient (Wildman–Crippen LogP) is 2.41. The van der Waals surface area contributed by atoms with Crippen LogP contribution in [0, 0.1) is 0 Å². The molecular formula is C20H21N3O3. The van der Waals surface area contributed by atoms with Gasteiger partial charge in [0.1, 0.15) is 18.8 Å². The van der Waals surface area contributed by atoms with Crippen molar-refractivity contribution in [2.45, 2.75) is 13.0 Å². The molecule has 0 radical (unpaired) electrons. The van der Waals surface area contributed by atoms with E-state index in [9.17, 15) is 9.59 Å². The molecule has 6 heteroatoms. The summed E-state index contributed by atoms with van der Waals surface area (Å²) in [5, 5.41) is 6.54. The smallest absolute Gasteiger partial charge is 0.249 e. The van der Waals surface area contributed by atoms with Crippen LogP contribution in [0.2, 0.25) is 0 Å². The van der Waals surface area contributed by atoms with Gasteiger partial charge in [-0.1, -0.05) is 55.1 Å². The van der Waals surface area contributed by atoms with E-state index in [0.29, 0.717) is 18.9 Å². The monoisotopic (exact) mass is 351 g/mol. The molecule has 6 nitrogen and oxygen atoms in total. The number of hydrogen-bond donors (Lipinski definition) is 2. The minimum Gasteiger partial charge on any atom is -0.490 e. The van der Waals surface area contributed by atoms with Crippen LogP contribution in [-0.4, -0.2) is 24.6 Å². The Balaban J connectivity index is 1.74. The van der Waals surface area contributed by atoms with E-state index in [1.165, 1.54) is 6.21 Å². The Morgan fingerprint density at radius 3 is 2.65 bits per heavy atom. The summed E-state index contributed by atoms with van der Waals surface area (Å²) in [5.74, 6) is -0.160. The Kier molecular flexibility index (Phi) is 7.61. The van der Waals surface area contributed by atoms with Crippen molar-refractivity contribution in [3.05, 3.63) is 78.4 Å². The number of rotatable bonds is 9. The van der Waals surface area contributed by atoms with Crippen LogP contribution in [0.5, 0.6) is 5.75 Å². The Labute approximate surface area is 152 Å². The molecule has 0 spiro atoms. The van der Waals surface area contributed by atoms with E-state index >= 15 is 0 Å². The van der Waals surface area contributed by atoms with Gasteiger partial charge >= 0.3 is 0 Å². The fourth-order valence-electron chi connectivity index (χ4n) is 2.06. The quantitative estimate of drug-likeness (QED) is 0.315. The van der Waals surface area contributed by atoms with E-state index < -0.39 is 5.91 Å². The van der Waals surface area contributed by atoms with Gasteiger partial charge in [0.2, 0.25) is 11.8 Å². The van der Waals surface area contributed by atoms with Gasteiger partial charge in [0.05, 0.1) is 6.21 Å². The molecule has 0 fully saturated rings. The van der Waals surface area contributed by atoms with Crippen LogP contribution in [0.4, 0.5) is 0 Å². The Hall–Kier alpha value is -3.41. The SMILES string of the molecule is C=CCOc1cccc(/C=N/NC(=O)CC(=O)NCc2ccccc2)c1. The number of ether oxygens (including phenoxy) is 1. The maximum atomic E-state index is 11.8. The highest BCUT2D eigenvalue weighted by Gasteiger charge is 2.08. The molecule has 0 aromatic heterocycles. The van der Waals surface area contributed by atoms with Crippen molar-refractivity contribution in [1.29, 1.82) is 0 Å². The van der Waals surface area contributed by atoms with E-state index in [-0.39, 0.29) is 12.3 Å². The number of hydrazone groups is 1. The summed E-state index contributed by atoms with van der Waals surface area (Å²) >= 11 is 0. The average molecular weight is 351 g/mol. The maximum absolute atomic E-state index is 11.8. The van der Waals surface area contributed by atoms with Crippen molar-refractivity contribution in [2.24, 2.45) is 5.10 Å². The first-order valence-corrected chi connectivity index (χ1v) is 8.13. The first kappa shape index (κ1) is 18.9. The highest BCUT2D eigenvalue weighted by molar-refractivity contribution is 5.97. The molecule has 0 heterocycles. The lowest BCUT2D eigenvalue weighted by Crippen LogP contribution is -2.29. The van der Waals surface area contributed by atoms with Gasteiger partial charge in [-0.15, -0.1) is 0 Å². The second kappa shape index (κ2) is 10.5. The van der Waals surface area contributed by atoms with Crippen molar-refractivity contribution in [1.82, 2.24) is 10.7 Å². The van der Waals surface area contributed by atoms with Gasteiger partial charge in [-0.2, -0.15) is 5.10 Å². The predicted molar refractivity (Wildman–Crippen MR) is 101 cm³/mol. The molecule has 0 aliphatic carbocycles. The van der Waals surface area contributed by atoms with Crippen molar-refractivity contribution >= 4 is 18.0 Å². The fourth-order valence-corrected chi connectivity index (χ4v) is 2.06. The molecule has 0 bridgehead atoms. The van der Waals surface area contributed by atoms with E-state index in [0.717, 1.165) is 11.1 Å². The summed E-state index contributed by atoms with van der Waals surface area (Å²) in [6.45, 7) is 4.38. The minimum atomic E-state index is -0.481. The van der Waals surface area contributed by atoms with E-state index in [2.05, 4.69) is 22.4 Å². The summed E-state index contributed by atoms with van der Waals surface area (Å²) in [7, 11) is 0. The number of carbonyl (C=O) groups excluding carboxylic acids is 2. The Morgan fingerprint density at radius 2 is 1.88 bits per heavy atom. The molecule has 134 valence electrons. The molecule has 0 atom stereocenters. The van der Waals surface area contributed by atoms with Crippen LogP contribution >= 0.6 is 0 Å². The molecule has 0 aliphatic rings. The molecule has 0 unspecified atom stereocenters. The lowest BCUT2D eigenvalue weighted by molar-refractivity contribution is -0.129. The summed E-state index contributed by atoms with van der Waals surface area (Å²) in [4.78, 5) is 23.5. The summed E-state index contributed by atoms with van der Waals surface area (Å²) < 4.78 is 5.42. The Morgan fingerprint density at radius 1 is 1.08 bits per heavy atom. The maximum Gasteiger partial charge on any atom is 0.249 e. The summed E-state index contributed by atoms with van der Waals surface area (Å²) in [6.07, 6.45) is 2.86. The number of hydrogen-bond acceptors (Lipinski definition) is 4. The number of benzene rings is 2. The number of carbonyl (C=O) groups is 2. The highest BCUT2D eigenvalue weighted by atomic mass is 16.5. The van der Waals surface area contributed by atoms with Gasteiger partial charge in [0, 0.05) is 6.54 Å².